The van der Waals surface area contributed by atoms with Gasteiger partial charge in [0.05, 0.1) is 22.2 Å². The Morgan fingerprint density at radius 2 is 1.45 bits per heavy atom. The predicted octanol–water partition coefficient (Wildman–Crippen LogP) is 3.78. The minimum Gasteiger partial charge on any atom is -0.506 e. The van der Waals surface area contributed by atoms with Gasteiger partial charge in [-0.1, -0.05) is 48.5 Å². The molecule has 0 saturated carbocycles. The first-order valence-corrected chi connectivity index (χ1v) is 13.5. The topological polar surface area (TPSA) is 126 Å². The normalized spacial score (nSPS) is 24.2. The minimum atomic E-state index is -0.755. The lowest BCUT2D eigenvalue weighted by atomic mass is 9.79. The van der Waals surface area contributed by atoms with Crippen LogP contribution in [-0.4, -0.2) is 45.6 Å². The second kappa shape index (κ2) is 8.55. The van der Waals surface area contributed by atoms with Crippen LogP contribution >= 0.6 is 0 Å². The molecule has 2 heterocycles. The second-order valence-corrected chi connectivity index (χ2v) is 11.2. The van der Waals surface area contributed by atoms with E-state index in [0.29, 0.717) is 29.0 Å². The largest absolute Gasteiger partial charge is 0.506 e. The maximum atomic E-state index is 13.9. The van der Waals surface area contributed by atoms with Crippen molar-refractivity contribution in [3.8, 4) is 0 Å². The molecule has 0 amide bonds. The third kappa shape index (κ3) is 3.46. The van der Waals surface area contributed by atoms with Crippen LogP contribution in [0.2, 0.25) is 0 Å². The Hall–Kier alpha value is -4.40. The lowest BCUT2D eigenvalue weighted by Crippen LogP contribution is -2.46. The summed E-state index contributed by atoms with van der Waals surface area (Å²) in [5.74, 6) is -0.312. The highest BCUT2D eigenvalue weighted by Gasteiger charge is 2.40. The van der Waals surface area contributed by atoms with E-state index in [9.17, 15) is 20.1 Å². The number of ketones is 1. The van der Waals surface area contributed by atoms with Crippen LogP contribution in [0.5, 0.6) is 0 Å². The number of benzene rings is 4. The van der Waals surface area contributed by atoms with E-state index < -0.39 is 11.3 Å². The highest BCUT2D eigenvalue weighted by molar-refractivity contribution is 6.52. The molecule has 0 bridgehead atoms. The summed E-state index contributed by atoms with van der Waals surface area (Å²) < 4.78 is 0. The number of carbonyl (C=O) groups is 1. The first kappa shape index (κ1) is 24.6. The van der Waals surface area contributed by atoms with Crippen LogP contribution in [0.15, 0.2) is 71.4 Å². The number of hydrogen-bond donors (Lipinski definition) is 6. The lowest BCUT2D eigenvalue weighted by molar-refractivity contribution is -0.109. The molecular weight excluding hydrogens is 504 g/mol. The third-order valence-corrected chi connectivity index (χ3v) is 8.31. The average molecular weight is 535 g/mol. The fraction of sp³-hybridized carbons (Fsp3) is 0.250. The zero-order chi connectivity index (χ0) is 27.8. The molecule has 8 heteroatoms. The molecule has 0 spiro atoms. The number of aliphatic hydroxyl groups is 3. The molecule has 3 aliphatic rings. The Labute approximate surface area is 230 Å². The van der Waals surface area contributed by atoms with Crippen LogP contribution in [0.25, 0.3) is 32.7 Å². The summed E-state index contributed by atoms with van der Waals surface area (Å²) in [4.78, 5) is 18.9. The van der Waals surface area contributed by atoms with E-state index in [-0.39, 0.29) is 35.9 Å². The summed E-state index contributed by atoms with van der Waals surface area (Å²) in [6.07, 6.45) is 0.834. The molecule has 7 rings (SSSR count). The molecule has 202 valence electrons. The van der Waals surface area contributed by atoms with Gasteiger partial charge >= 0.3 is 0 Å². The van der Waals surface area contributed by atoms with E-state index in [1.165, 1.54) is 0 Å². The zero-order valence-corrected chi connectivity index (χ0v) is 22.3. The molecule has 6 N–H and O–H groups in total. The molecule has 2 unspecified atom stereocenters. The number of nitrogens with zero attached hydrogens (tertiary/aromatic N) is 1. The van der Waals surface area contributed by atoms with Gasteiger partial charge in [-0.15, -0.1) is 0 Å². The van der Waals surface area contributed by atoms with Crippen molar-refractivity contribution in [1.29, 1.82) is 0 Å². The van der Waals surface area contributed by atoms with E-state index in [4.69, 9.17) is 4.99 Å². The lowest BCUT2D eigenvalue weighted by Gasteiger charge is -2.40. The van der Waals surface area contributed by atoms with E-state index in [2.05, 4.69) is 16.0 Å². The van der Waals surface area contributed by atoms with Crippen molar-refractivity contribution in [1.82, 2.24) is 0 Å². The third-order valence-electron chi connectivity index (χ3n) is 8.31. The molecule has 0 radical (unpaired) electrons. The Bertz CT molecular complexity index is 1930. The summed E-state index contributed by atoms with van der Waals surface area (Å²) in [6.45, 7) is 3.81. The average Bonchev–Trinajstić information content (AvgIpc) is 2.91. The van der Waals surface area contributed by atoms with E-state index in [1.54, 1.807) is 0 Å². The number of aliphatic hydroxyl groups excluding tert-OH is 3. The van der Waals surface area contributed by atoms with E-state index in [1.807, 2.05) is 74.5 Å². The Kier molecular flexibility index (Phi) is 5.26. The monoisotopic (exact) mass is 534 g/mol. The molecule has 4 aromatic rings. The molecular formula is C32H30N4O4. The van der Waals surface area contributed by atoms with Crippen molar-refractivity contribution in [2.24, 2.45) is 4.99 Å². The molecule has 8 nitrogen and oxygen atoms in total. The predicted molar refractivity (Wildman–Crippen MR) is 158 cm³/mol. The Balaban J connectivity index is 1.48. The van der Waals surface area contributed by atoms with Gasteiger partial charge in [-0.3, -0.25) is 9.79 Å². The first-order valence-electron chi connectivity index (χ1n) is 13.5. The molecule has 0 aromatic heterocycles. The quantitative estimate of drug-likeness (QED) is 0.230. The van der Waals surface area contributed by atoms with Crippen molar-refractivity contribution >= 4 is 55.5 Å². The summed E-state index contributed by atoms with van der Waals surface area (Å²) in [5, 5.41) is 46.3. The van der Waals surface area contributed by atoms with Gasteiger partial charge in [0, 0.05) is 59.0 Å². The molecule has 40 heavy (non-hydrogen) atoms. The summed E-state index contributed by atoms with van der Waals surface area (Å²) >= 11 is 0. The van der Waals surface area contributed by atoms with Gasteiger partial charge in [0.1, 0.15) is 17.1 Å². The second-order valence-electron chi connectivity index (χ2n) is 11.2. The van der Waals surface area contributed by atoms with Gasteiger partial charge in [-0.05, 0) is 36.8 Å². The smallest absolute Gasteiger partial charge is 0.201 e. The Morgan fingerprint density at radius 3 is 2.15 bits per heavy atom. The van der Waals surface area contributed by atoms with Gasteiger partial charge in [-0.2, -0.15) is 0 Å². The maximum Gasteiger partial charge on any atom is 0.201 e. The van der Waals surface area contributed by atoms with Gasteiger partial charge in [0.15, 0.2) is 0 Å². The van der Waals surface area contributed by atoms with Crippen molar-refractivity contribution in [2.45, 2.75) is 38.0 Å². The van der Waals surface area contributed by atoms with Crippen molar-refractivity contribution in [3.63, 3.8) is 0 Å². The summed E-state index contributed by atoms with van der Waals surface area (Å²) in [7, 11) is 0. The van der Waals surface area contributed by atoms with E-state index >= 15 is 0 Å². The van der Waals surface area contributed by atoms with Crippen molar-refractivity contribution in [3.05, 3.63) is 82.6 Å². The highest BCUT2D eigenvalue weighted by atomic mass is 16.3. The van der Waals surface area contributed by atoms with Crippen LogP contribution < -0.4 is 26.5 Å². The molecule has 0 fully saturated rings. The van der Waals surface area contributed by atoms with Gasteiger partial charge < -0.3 is 31.3 Å². The molecule has 4 aromatic carbocycles. The SMILES string of the molecule is CC1(CCO)N=c2/c(=C3\C(=O)C(c4ccc5cccc6c5c4NC(C)(CCO)N6)=C3O)ccc3cccc(c23)N1. The molecule has 1 aliphatic carbocycles. The van der Waals surface area contributed by atoms with E-state index in [0.717, 1.165) is 38.6 Å². The number of allylic oxidation sites excluding steroid dienone is 2. The van der Waals surface area contributed by atoms with Gasteiger partial charge in [-0.25, -0.2) is 0 Å². The fourth-order valence-corrected chi connectivity index (χ4v) is 6.36. The summed E-state index contributed by atoms with van der Waals surface area (Å²) in [6, 6.07) is 19.5. The number of carbonyl (C=O) groups excluding carboxylic acids is 1. The fourth-order valence-electron chi connectivity index (χ4n) is 6.36. The first-order chi connectivity index (χ1) is 19.3. The number of rotatable bonds is 5. The minimum absolute atomic E-state index is 0.0188. The van der Waals surface area contributed by atoms with Crippen LogP contribution in [0, 0.1) is 0 Å². The number of Topliss-reactive ketones (excluding diaryl/α,β-unsaturated/α-hetero) is 1. The van der Waals surface area contributed by atoms with Gasteiger partial charge in [0.2, 0.25) is 5.78 Å². The van der Waals surface area contributed by atoms with Crippen LogP contribution in [0.4, 0.5) is 17.1 Å². The van der Waals surface area contributed by atoms with Crippen LogP contribution in [0.3, 0.4) is 0 Å². The highest BCUT2D eigenvalue weighted by Crippen LogP contribution is 2.47. The molecule has 0 saturated heterocycles. The Morgan fingerprint density at radius 1 is 0.775 bits per heavy atom. The zero-order valence-electron chi connectivity index (χ0n) is 22.3. The maximum absolute atomic E-state index is 13.9. The number of hydrogen-bond acceptors (Lipinski definition) is 8. The molecule has 2 aliphatic heterocycles. The van der Waals surface area contributed by atoms with Gasteiger partial charge in [0.25, 0.3) is 0 Å². The standard InChI is InChI=1S/C32H30N4O4/c1-31(13-15-37)33-21-7-3-5-17-9-11-19(27(35-31)23(17)21)25-29(39)26(30(25)40)20-12-10-18-6-4-8-22-24(18)28(20)36-32(2,34-22)14-16-38/h3-12,33-35,37-39H,13-16H2,1-2H3/b26-20-. The van der Waals surface area contributed by atoms with Crippen LogP contribution in [-0.2, 0) is 4.79 Å². The number of nitrogens with one attached hydrogen (secondary N) is 3. The van der Waals surface area contributed by atoms with Crippen molar-refractivity contribution < 1.29 is 20.1 Å². The number of anilines is 3. The summed E-state index contributed by atoms with van der Waals surface area (Å²) in [5.41, 5.74) is 2.27. The van der Waals surface area contributed by atoms with Crippen LogP contribution in [0.1, 0.15) is 32.3 Å². The van der Waals surface area contributed by atoms with Crippen molar-refractivity contribution in [2.75, 3.05) is 29.2 Å². The molecule has 2 atom stereocenters.